The van der Waals surface area contributed by atoms with Crippen LogP contribution in [0.2, 0.25) is 0 Å². The zero-order valence-electron chi connectivity index (χ0n) is 14.9. The molecule has 3 amide bonds. The van der Waals surface area contributed by atoms with E-state index in [0.29, 0.717) is 54.9 Å². The minimum Gasteiger partial charge on any atom is -0.490 e. The zero-order chi connectivity index (χ0) is 19.2. The van der Waals surface area contributed by atoms with E-state index in [2.05, 4.69) is 5.32 Å². The molecule has 144 valence electrons. The molecule has 1 N–H and O–H groups in total. The number of carbonyl (C=O) groups is 3. The molecule has 0 unspecified atom stereocenters. The average molecular weight is 392 g/mol. The van der Waals surface area contributed by atoms with Crippen LogP contribution in [0.4, 0.5) is 4.79 Å². The van der Waals surface area contributed by atoms with Crippen molar-refractivity contribution in [1.29, 1.82) is 0 Å². The fourth-order valence-corrected chi connectivity index (χ4v) is 3.30. The normalized spacial score (nSPS) is 18.6. The molecule has 0 spiro atoms. The third-order valence-electron chi connectivity index (χ3n) is 3.92. The summed E-state index contributed by atoms with van der Waals surface area (Å²) in [5.41, 5.74) is 0.692. The molecule has 0 bridgehead atoms. The molecule has 8 nitrogen and oxygen atoms in total. The monoisotopic (exact) mass is 392 g/mol. The summed E-state index contributed by atoms with van der Waals surface area (Å²) >= 11 is 0.851. The Kier molecular flexibility index (Phi) is 6.36. The number of thioether (sulfide) groups is 1. The van der Waals surface area contributed by atoms with Gasteiger partial charge in [-0.1, -0.05) is 6.07 Å². The van der Waals surface area contributed by atoms with Crippen LogP contribution in [0.5, 0.6) is 11.5 Å². The van der Waals surface area contributed by atoms with Gasteiger partial charge in [-0.2, -0.15) is 0 Å². The molecule has 0 aliphatic carbocycles. The summed E-state index contributed by atoms with van der Waals surface area (Å²) in [4.78, 5) is 37.2. The van der Waals surface area contributed by atoms with Crippen molar-refractivity contribution in [2.45, 2.75) is 6.92 Å². The Balaban J connectivity index is 1.70. The fourth-order valence-electron chi connectivity index (χ4n) is 2.62. The number of ether oxygens (including phenoxy) is 3. The maximum absolute atomic E-state index is 12.2. The molecule has 1 aromatic carbocycles. The van der Waals surface area contributed by atoms with Crippen molar-refractivity contribution in [3.8, 4) is 11.5 Å². The number of nitrogens with zero attached hydrogens (tertiary/aromatic N) is 1. The van der Waals surface area contributed by atoms with Gasteiger partial charge in [0.2, 0.25) is 0 Å². The second kappa shape index (κ2) is 8.92. The standard InChI is InChI=1S/C18H20N2O6S/c1-2-25-14-9-12(10-15-17(22)19-18(23)27-15)3-4-13(14)26-11-16(21)20-5-7-24-8-6-20/h3-4,9-10H,2,5-8,11H2,1H3,(H,19,22,23)/b15-10-. The van der Waals surface area contributed by atoms with Crippen LogP contribution in [0.3, 0.4) is 0 Å². The van der Waals surface area contributed by atoms with Gasteiger partial charge < -0.3 is 19.1 Å². The molecule has 0 radical (unpaired) electrons. The summed E-state index contributed by atoms with van der Waals surface area (Å²) in [7, 11) is 0. The molecule has 3 rings (SSSR count). The molecule has 2 heterocycles. The molecule has 0 saturated carbocycles. The smallest absolute Gasteiger partial charge is 0.290 e. The van der Waals surface area contributed by atoms with Gasteiger partial charge in [-0.05, 0) is 42.5 Å². The van der Waals surface area contributed by atoms with Crippen LogP contribution in [0, 0.1) is 0 Å². The number of benzene rings is 1. The van der Waals surface area contributed by atoms with Crippen LogP contribution in [-0.4, -0.2) is 61.5 Å². The van der Waals surface area contributed by atoms with Gasteiger partial charge >= 0.3 is 0 Å². The van der Waals surface area contributed by atoms with Gasteiger partial charge in [0, 0.05) is 13.1 Å². The van der Waals surface area contributed by atoms with E-state index in [1.807, 2.05) is 6.92 Å². The number of carbonyl (C=O) groups excluding carboxylic acids is 3. The first-order chi connectivity index (χ1) is 13.1. The highest BCUT2D eigenvalue weighted by Gasteiger charge is 2.25. The lowest BCUT2D eigenvalue weighted by Crippen LogP contribution is -2.43. The van der Waals surface area contributed by atoms with Gasteiger partial charge in [0.1, 0.15) is 0 Å². The van der Waals surface area contributed by atoms with Crippen LogP contribution in [0.25, 0.3) is 6.08 Å². The molecule has 2 fully saturated rings. The quantitative estimate of drug-likeness (QED) is 0.736. The Bertz CT molecular complexity index is 773. The van der Waals surface area contributed by atoms with E-state index in [1.54, 1.807) is 29.2 Å². The number of morpholine rings is 1. The second-order valence-electron chi connectivity index (χ2n) is 5.77. The first-order valence-electron chi connectivity index (χ1n) is 8.57. The van der Waals surface area contributed by atoms with Crippen LogP contribution < -0.4 is 14.8 Å². The highest BCUT2D eigenvalue weighted by atomic mass is 32.2. The molecule has 2 aliphatic rings. The Hall–Kier alpha value is -2.52. The Labute approximate surface area is 160 Å². The van der Waals surface area contributed by atoms with Gasteiger partial charge in [0.15, 0.2) is 18.1 Å². The predicted octanol–water partition coefficient (Wildman–Crippen LogP) is 1.65. The fraction of sp³-hybridized carbons (Fsp3) is 0.389. The third-order valence-corrected chi connectivity index (χ3v) is 4.73. The van der Waals surface area contributed by atoms with Crippen LogP contribution in [0.1, 0.15) is 12.5 Å². The second-order valence-corrected chi connectivity index (χ2v) is 6.79. The topological polar surface area (TPSA) is 94.2 Å². The molecule has 9 heteroatoms. The molecule has 1 aromatic rings. The Morgan fingerprint density at radius 2 is 2.04 bits per heavy atom. The van der Waals surface area contributed by atoms with Crippen molar-refractivity contribution in [3.05, 3.63) is 28.7 Å². The molecule has 2 saturated heterocycles. The number of rotatable bonds is 6. The van der Waals surface area contributed by atoms with Gasteiger partial charge in [0.25, 0.3) is 17.1 Å². The van der Waals surface area contributed by atoms with Gasteiger partial charge in [-0.25, -0.2) is 0 Å². The van der Waals surface area contributed by atoms with E-state index >= 15 is 0 Å². The minimum atomic E-state index is -0.417. The zero-order valence-corrected chi connectivity index (χ0v) is 15.7. The number of amides is 3. The molecular weight excluding hydrogens is 372 g/mol. The summed E-state index contributed by atoms with van der Waals surface area (Å²) in [5, 5.41) is 1.82. The highest BCUT2D eigenvalue weighted by Crippen LogP contribution is 2.31. The summed E-state index contributed by atoms with van der Waals surface area (Å²) in [6, 6.07) is 5.13. The lowest BCUT2D eigenvalue weighted by Gasteiger charge is -2.26. The van der Waals surface area contributed by atoms with Crippen molar-refractivity contribution < 1.29 is 28.6 Å². The van der Waals surface area contributed by atoms with Crippen molar-refractivity contribution in [3.63, 3.8) is 0 Å². The van der Waals surface area contributed by atoms with Gasteiger partial charge in [0.05, 0.1) is 24.7 Å². The van der Waals surface area contributed by atoms with E-state index in [0.717, 1.165) is 11.8 Å². The summed E-state index contributed by atoms with van der Waals surface area (Å²) in [6.45, 7) is 4.36. The van der Waals surface area contributed by atoms with E-state index in [9.17, 15) is 14.4 Å². The Morgan fingerprint density at radius 3 is 2.70 bits per heavy atom. The van der Waals surface area contributed by atoms with Crippen molar-refractivity contribution >= 4 is 34.9 Å². The van der Waals surface area contributed by atoms with Crippen LogP contribution >= 0.6 is 11.8 Å². The lowest BCUT2D eigenvalue weighted by atomic mass is 10.2. The SMILES string of the molecule is CCOc1cc(/C=C2\SC(=O)NC2=O)ccc1OCC(=O)N1CCOCC1. The molecule has 2 aliphatic heterocycles. The molecule has 0 aromatic heterocycles. The third kappa shape index (κ3) is 5.01. The predicted molar refractivity (Wildman–Crippen MR) is 99.6 cm³/mol. The number of nitrogens with one attached hydrogen (secondary N) is 1. The number of hydrogen-bond acceptors (Lipinski definition) is 7. The van der Waals surface area contributed by atoms with Crippen molar-refractivity contribution in [2.75, 3.05) is 39.5 Å². The molecule has 0 atom stereocenters. The van der Waals surface area contributed by atoms with E-state index in [4.69, 9.17) is 14.2 Å². The van der Waals surface area contributed by atoms with Crippen molar-refractivity contribution in [1.82, 2.24) is 10.2 Å². The number of imide groups is 1. The minimum absolute atomic E-state index is 0.0900. The summed E-state index contributed by atoms with van der Waals surface area (Å²) in [5.74, 6) is 0.389. The highest BCUT2D eigenvalue weighted by molar-refractivity contribution is 8.18. The van der Waals surface area contributed by atoms with E-state index < -0.39 is 11.1 Å². The summed E-state index contributed by atoms with van der Waals surface area (Å²) < 4.78 is 16.5. The summed E-state index contributed by atoms with van der Waals surface area (Å²) in [6.07, 6.45) is 1.61. The lowest BCUT2D eigenvalue weighted by molar-refractivity contribution is -0.137. The maximum atomic E-state index is 12.2. The molecular formula is C18H20N2O6S. The Morgan fingerprint density at radius 1 is 1.26 bits per heavy atom. The van der Waals surface area contributed by atoms with Crippen LogP contribution in [-0.2, 0) is 14.3 Å². The number of hydrogen-bond donors (Lipinski definition) is 1. The van der Waals surface area contributed by atoms with E-state index in [1.165, 1.54) is 0 Å². The van der Waals surface area contributed by atoms with Gasteiger partial charge in [-0.15, -0.1) is 0 Å². The van der Waals surface area contributed by atoms with Crippen molar-refractivity contribution in [2.24, 2.45) is 0 Å². The van der Waals surface area contributed by atoms with Crippen LogP contribution in [0.15, 0.2) is 23.1 Å². The van der Waals surface area contributed by atoms with Gasteiger partial charge in [-0.3, -0.25) is 19.7 Å². The maximum Gasteiger partial charge on any atom is 0.290 e. The first-order valence-corrected chi connectivity index (χ1v) is 9.38. The molecule has 27 heavy (non-hydrogen) atoms. The van der Waals surface area contributed by atoms with E-state index in [-0.39, 0.29) is 12.5 Å². The first kappa shape index (κ1) is 19.2. The average Bonchev–Trinajstić information content (AvgIpc) is 2.98. The largest absolute Gasteiger partial charge is 0.490 e.